The Morgan fingerprint density at radius 1 is 1.32 bits per heavy atom. The van der Waals surface area contributed by atoms with Crippen LogP contribution in [0.15, 0.2) is 33.8 Å². The number of hydrogen-bond acceptors (Lipinski definition) is 4. The smallest absolute Gasteiger partial charge is 0.305 e. The lowest BCUT2D eigenvalue weighted by Crippen LogP contribution is -2.32. The van der Waals surface area contributed by atoms with Crippen LogP contribution in [0.4, 0.5) is 0 Å². The Morgan fingerprint density at radius 3 is 2.73 bits per heavy atom. The second kappa shape index (κ2) is 11.1. The van der Waals surface area contributed by atoms with Crippen molar-refractivity contribution < 1.29 is 9.53 Å². The van der Waals surface area contributed by atoms with Crippen LogP contribution in [0.5, 0.6) is 0 Å². The summed E-state index contributed by atoms with van der Waals surface area (Å²) < 4.78 is 5.61. The summed E-state index contributed by atoms with van der Waals surface area (Å²) in [5, 5.41) is 7.62. The van der Waals surface area contributed by atoms with Crippen LogP contribution in [0, 0.1) is 0 Å². The molecule has 7 heteroatoms. The zero-order valence-electron chi connectivity index (χ0n) is 12.5. The van der Waals surface area contributed by atoms with Crippen LogP contribution >= 0.6 is 28.1 Å². The predicted octanol–water partition coefficient (Wildman–Crippen LogP) is 2.98. The number of unbranched alkanes of at least 4 members (excludes halogenated alkanes) is 2. The maximum absolute atomic E-state index is 10.9. The fraction of sp³-hybridized carbons (Fsp3) is 0.400. The van der Waals surface area contributed by atoms with Crippen molar-refractivity contribution in [3.8, 4) is 0 Å². The monoisotopic (exact) mass is 385 g/mol. The summed E-state index contributed by atoms with van der Waals surface area (Å²) in [6, 6.07) is 7.80. The molecular weight excluding hydrogens is 366 g/mol. The summed E-state index contributed by atoms with van der Waals surface area (Å²) in [5.41, 5.74) is 3.76. The van der Waals surface area contributed by atoms with E-state index in [-0.39, 0.29) is 5.97 Å². The van der Waals surface area contributed by atoms with Crippen molar-refractivity contribution in [3.63, 3.8) is 0 Å². The number of esters is 1. The number of rotatable bonds is 8. The number of thiocarbonyl (C=S) groups is 1. The van der Waals surface area contributed by atoms with Gasteiger partial charge in [0.2, 0.25) is 0 Å². The van der Waals surface area contributed by atoms with Crippen LogP contribution in [0.25, 0.3) is 0 Å². The summed E-state index contributed by atoms with van der Waals surface area (Å²) in [5.74, 6) is -0.160. The summed E-state index contributed by atoms with van der Waals surface area (Å²) in [6.45, 7) is 0.751. The van der Waals surface area contributed by atoms with E-state index in [1.165, 1.54) is 7.11 Å². The van der Waals surface area contributed by atoms with Gasteiger partial charge in [-0.15, -0.1) is 0 Å². The van der Waals surface area contributed by atoms with Gasteiger partial charge in [0.25, 0.3) is 0 Å². The Labute approximate surface area is 144 Å². The number of hydrogen-bond donors (Lipinski definition) is 2. The molecular formula is C15H20BrN3O2S. The van der Waals surface area contributed by atoms with Crippen molar-refractivity contribution in [2.75, 3.05) is 13.7 Å². The minimum Gasteiger partial charge on any atom is -0.469 e. The molecule has 1 rings (SSSR count). The van der Waals surface area contributed by atoms with Gasteiger partial charge >= 0.3 is 5.97 Å². The Balaban J connectivity index is 2.08. The third-order valence-electron chi connectivity index (χ3n) is 2.82. The van der Waals surface area contributed by atoms with Gasteiger partial charge < -0.3 is 10.1 Å². The molecule has 2 N–H and O–H groups in total. The minimum atomic E-state index is -0.160. The van der Waals surface area contributed by atoms with Gasteiger partial charge in [0.05, 0.1) is 13.3 Å². The first-order chi connectivity index (χ1) is 10.6. The molecule has 0 amide bonds. The molecule has 1 aromatic rings. The topological polar surface area (TPSA) is 62.7 Å². The fourth-order valence-electron chi connectivity index (χ4n) is 1.63. The molecule has 0 saturated heterocycles. The largest absolute Gasteiger partial charge is 0.469 e. The molecule has 0 aliphatic rings. The first kappa shape index (κ1) is 18.6. The molecule has 0 unspecified atom stereocenters. The zero-order valence-corrected chi connectivity index (χ0v) is 14.9. The van der Waals surface area contributed by atoms with Gasteiger partial charge in [-0.05, 0) is 42.8 Å². The number of benzene rings is 1. The minimum absolute atomic E-state index is 0.160. The van der Waals surface area contributed by atoms with Crippen LogP contribution in [0.3, 0.4) is 0 Å². The van der Waals surface area contributed by atoms with Crippen molar-refractivity contribution >= 4 is 45.4 Å². The van der Waals surface area contributed by atoms with Crippen LogP contribution < -0.4 is 10.7 Å². The van der Waals surface area contributed by atoms with Crippen molar-refractivity contribution in [2.24, 2.45) is 5.10 Å². The first-order valence-corrected chi connectivity index (χ1v) is 8.21. The molecule has 0 aromatic heterocycles. The van der Waals surface area contributed by atoms with Gasteiger partial charge in [-0.1, -0.05) is 34.5 Å². The second-order valence-electron chi connectivity index (χ2n) is 4.56. The van der Waals surface area contributed by atoms with E-state index in [1.54, 1.807) is 6.21 Å². The predicted molar refractivity (Wildman–Crippen MR) is 96.0 cm³/mol. The fourth-order valence-corrected chi connectivity index (χ4v) is 2.05. The Bertz CT molecular complexity index is 506. The van der Waals surface area contributed by atoms with E-state index >= 15 is 0 Å². The number of nitrogens with zero attached hydrogens (tertiary/aromatic N) is 1. The molecule has 0 heterocycles. The van der Waals surface area contributed by atoms with E-state index in [2.05, 4.69) is 36.5 Å². The molecule has 0 fully saturated rings. The lowest BCUT2D eigenvalue weighted by atomic mass is 10.2. The second-order valence-corrected chi connectivity index (χ2v) is 5.89. The highest BCUT2D eigenvalue weighted by atomic mass is 79.9. The number of halogens is 1. The molecule has 0 atom stereocenters. The van der Waals surface area contributed by atoms with Gasteiger partial charge in [-0.25, -0.2) is 0 Å². The van der Waals surface area contributed by atoms with Crippen LogP contribution in [-0.2, 0) is 9.53 Å². The Hall–Kier alpha value is -1.47. The molecule has 0 saturated carbocycles. The molecule has 0 spiro atoms. The summed E-state index contributed by atoms with van der Waals surface area (Å²) in [6.07, 6.45) is 4.89. The highest BCUT2D eigenvalue weighted by Gasteiger charge is 1.99. The number of carbonyl (C=O) groups is 1. The van der Waals surface area contributed by atoms with Crippen molar-refractivity contribution in [2.45, 2.75) is 25.7 Å². The number of ether oxygens (including phenoxy) is 1. The van der Waals surface area contributed by atoms with Gasteiger partial charge in [-0.3, -0.25) is 10.2 Å². The van der Waals surface area contributed by atoms with Crippen molar-refractivity contribution in [1.82, 2.24) is 10.7 Å². The molecule has 22 heavy (non-hydrogen) atoms. The standard InChI is InChI=1S/C15H20BrN3O2S/c1-21-14(20)5-3-2-4-10-17-15(22)19-18-11-12-6-8-13(16)9-7-12/h6-9,11H,2-5,10H2,1H3,(H2,17,19,22)/b18-11-. The number of carbonyl (C=O) groups excluding carboxylic acids is 1. The SMILES string of the molecule is COC(=O)CCCCCNC(=S)N/N=C\c1ccc(Br)cc1. The summed E-state index contributed by atoms with van der Waals surface area (Å²) in [4.78, 5) is 10.9. The summed E-state index contributed by atoms with van der Waals surface area (Å²) in [7, 11) is 1.41. The number of methoxy groups -OCH3 is 1. The Morgan fingerprint density at radius 2 is 2.05 bits per heavy atom. The molecule has 5 nitrogen and oxygen atoms in total. The average Bonchev–Trinajstić information content (AvgIpc) is 2.52. The normalized spacial score (nSPS) is 10.5. The highest BCUT2D eigenvalue weighted by molar-refractivity contribution is 9.10. The van der Waals surface area contributed by atoms with E-state index in [0.717, 1.165) is 35.8 Å². The molecule has 0 aliphatic carbocycles. The first-order valence-electron chi connectivity index (χ1n) is 7.01. The molecule has 120 valence electrons. The number of hydrazone groups is 1. The maximum atomic E-state index is 10.9. The van der Waals surface area contributed by atoms with Gasteiger partial charge in [0, 0.05) is 17.4 Å². The third kappa shape index (κ3) is 8.74. The molecule has 1 aromatic carbocycles. The van der Waals surface area contributed by atoms with Crippen LogP contribution in [0.1, 0.15) is 31.2 Å². The van der Waals surface area contributed by atoms with Crippen molar-refractivity contribution in [3.05, 3.63) is 34.3 Å². The molecule has 0 bridgehead atoms. The van der Waals surface area contributed by atoms with Crippen molar-refractivity contribution in [1.29, 1.82) is 0 Å². The van der Waals surface area contributed by atoms with Gasteiger partial charge in [0.15, 0.2) is 5.11 Å². The van der Waals surface area contributed by atoms with Gasteiger partial charge in [-0.2, -0.15) is 5.10 Å². The Kier molecular flexibility index (Phi) is 9.41. The van der Waals surface area contributed by atoms with E-state index in [0.29, 0.717) is 11.5 Å². The van der Waals surface area contributed by atoms with E-state index in [1.807, 2.05) is 24.3 Å². The quantitative estimate of drug-likeness (QED) is 0.237. The maximum Gasteiger partial charge on any atom is 0.305 e. The summed E-state index contributed by atoms with van der Waals surface area (Å²) >= 11 is 8.49. The van der Waals surface area contributed by atoms with E-state index in [9.17, 15) is 4.79 Å². The zero-order chi connectivity index (χ0) is 16.2. The van der Waals surface area contributed by atoms with E-state index in [4.69, 9.17) is 12.2 Å². The molecule has 0 aliphatic heterocycles. The van der Waals surface area contributed by atoms with Crippen LogP contribution in [0.2, 0.25) is 0 Å². The average molecular weight is 386 g/mol. The van der Waals surface area contributed by atoms with E-state index < -0.39 is 0 Å². The van der Waals surface area contributed by atoms with Gasteiger partial charge in [0.1, 0.15) is 0 Å². The lowest BCUT2D eigenvalue weighted by Gasteiger charge is -2.06. The lowest BCUT2D eigenvalue weighted by molar-refractivity contribution is -0.140. The van der Waals surface area contributed by atoms with Crippen LogP contribution in [-0.4, -0.2) is 31.0 Å². The number of nitrogens with one attached hydrogen (secondary N) is 2. The third-order valence-corrected chi connectivity index (χ3v) is 3.58. The highest BCUT2D eigenvalue weighted by Crippen LogP contribution is 2.08. The molecule has 0 radical (unpaired) electrons.